The van der Waals surface area contributed by atoms with Crippen molar-refractivity contribution in [3.05, 3.63) is 41.1 Å². The molecule has 1 aromatic carbocycles. The average Bonchev–Trinajstić information content (AvgIpc) is 2.45. The van der Waals surface area contributed by atoms with Crippen LogP contribution in [0.3, 0.4) is 0 Å². The van der Waals surface area contributed by atoms with Crippen molar-refractivity contribution in [3.63, 3.8) is 0 Å². The van der Waals surface area contributed by atoms with Crippen molar-refractivity contribution in [2.45, 2.75) is 27.2 Å². The third-order valence-corrected chi connectivity index (χ3v) is 2.64. The highest BCUT2D eigenvalue weighted by atomic mass is 15.1. The Kier molecular flexibility index (Phi) is 4.41. The summed E-state index contributed by atoms with van der Waals surface area (Å²) in [7, 11) is 2.12. The van der Waals surface area contributed by atoms with Crippen LogP contribution in [0.5, 0.6) is 0 Å². The Balaban J connectivity index is 0.000000531. The van der Waals surface area contributed by atoms with Gasteiger partial charge in [0.1, 0.15) is 0 Å². The molecule has 1 aromatic rings. The Hall–Kier alpha value is -1.24. The molecule has 0 amide bonds. The fourth-order valence-corrected chi connectivity index (χ4v) is 1.77. The van der Waals surface area contributed by atoms with Gasteiger partial charge in [-0.3, -0.25) is 0 Å². The number of hydrogen-bond donors (Lipinski definition) is 0. The standard InChI is InChI=1S/C12H15N.C2H6/c1-10-4-3-5-11-6-8-13(2)9-7-12(10)11;1-2/h3-5,7,9H,6,8H2,1-2H3;1-2H3. The highest BCUT2D eigenvalue weighted by molar-refractivity contribution is 5.58. The van der Waals surface area contributed by atoms with E-state index in [1.807, 2.05) is 13.8 Å². The zero-order chi connectivity index (χ0) is 11.3. The predicted molar refractivity (Wildman–Crippen MR) is 67.9 cm³/mol. The molecule has 0 N–H and O–H groups in total. The fraction of sp³-hybridized carbons (Fsp3) is 0.429. The lowest BCUT2D eigenvalue weighted by molar-refractivity contribution is 0.466. The number of aryl methyl sites for hydroxylation is 1. The lowest BCUT2D eigenvalue weighted by Crippen LogP contribution is -2.12. The predicted octanol–water partition coefficient (Wildman–Crippen LogP) is 3.48. The van der Waals surface area contributed by atoms with Crippen molar-refractivity contribution in [3.8, 4) is 0 Å². The number of rotatable bonds is 0. The van der Waals surface area contributed by atoms with E-state index in [0.717, 1.165) is 13.0 Å². The van der Waals surface area contributed by atoms with E-state index >= 15 is 0 Å². The lowest BCUT2D eigenvalue weighted by Gasteiger charge is -2.10. The van der Waals surface area contributed by atoms with Gasteiger partial charge in [-0.2, -0.15) is 0 Å². The molecule has 0 spiro atoms. The van der Waals surface area contributed by atoms with Gasteiger partial charge in [0.2, 0.25) is 0 Å². The second-order valence-electron chi connectivity index (χ2n) is 3.69. The molecule has 0 radical (unpaired) electrons. The van der Waals surface area contributed by atoms with Gasteiger partial charge in [-0.1, -0.05) is 32.0 Å². The maximum atomic E-state index is 2.24. The molecule has 82 valence electrons. The van der Waals surface area contributed by atoms with Crippen LogP contribution in [0.2, 0.25) is 0 Å². The van der Waals surface area contributed by atoms with E-state index in [1.54, 1.807) is 0 Å². The largest absolute Gasteiger partial charge is 0.380 e. The van der Waals surface area contributed by atoms with Crippen LogP contribution < -0.4 is 0 Å². The Morgan fingerprint density at radius 1 is 1.20 bits per heavy atom. The number of nitrogens with zero attached hydrogens (tertiary/aromatic N) is 1. The molecule has 2 rings (SSSR count). The van der Waals surface area contributed by atoms with Crippen molar-refractivity contribution in [1.82, 2.24) is 4.90 Å². The van der Waals surface area contributed by atoms with E-state index in [2.05, 4.69) is 49.3 Å². The van der Waals surface area contributed by atoms with Crippen LogP contribution in [0, 0.1) is 6.92 Å². The molecule has 0 saturated carbocycles. The third-order valence-electron chi connectivity index (χ3n) is 2.64. The maximum Gasteiger partial charge on any atom is 0.0209 e. The summed E-state index contributed by atoms with van der Waals surface area (Å²) in [6, 6.07) is 6.55. The molecule has 1 heterocycles. The van der Waals surface area contributed by atoms with Gasteiger partial charge in [0, 0.05) is 13.6 Å². The normalized spacial score (nSPS) is 13.7. The Morgan fingerprint density at radius 2 is 1.93 bits per heavy atom. The molecule has 0 aromatic heterocycles. The second-order valence-corrected chi connectivity index (χ2v) is 3.69. The molecule has 0 unspecified atom stereocenters. The van der Waals surface area contributed by atoms with Crippen molar-refractivity contribution >= 4 is 6.08 Å². The van der Waals surface area contributed by atoms with Gasteiger partial charge in [0.25, 0.3) is 0 Å². The molecular weight excluding hydrogens is 182 g/mol. The second kappa shape index (κ2) is 5.59. The molecule has 15 heavy (non-hydrogen) atoms. The molecule has 0 saturated heterocycles. The highest BCUT2D eigenvalue weighted by Crippen LogP contribution is 2.19. The highest BCUT2D eigenvalue weighted by Gasteiger charge is 2.06. The number of benzene rings is 1. The van der Waals surface area contributed by atoms with Gasteiger partial charge in [-0.25, -0.2) is 0 Å². The summed E-state index contributed by atoms with van der Waals surface area (Å²) in [6.07, 6.45) is 5.54. The van der Waals surface area contributed by atoms with Crippen LogP contribution in [0.1, 0.15) is 30.5 Å². The quantitative estimate of drug-likeness (QED) is 0.624. The minimum atomic E-state index is 1.12. The van der Waals surface area contributed by atoms with Crippen LogP contribution in [-0.4, -0.2) is 18.5 Å². The maximum absolute atomic E-state index is 2.24. The fourth-order valence-electron chi connectivity index (χ4n) is 1.77. The SMILES string of the molecule is CC.Cc1cccc2c1C=CN(C)CC2. The van der Waals surface area contributed by atoms with Crippen LogP contribution >= 0.6 is 0 Å². The molecule has 0 atom stereocenters. The minimum Gasteiger partial charge on any atom is -0.380 e. The lowest BCUT2D eigenvalue weighted by atomic mass is 10.0. The van der Waals surface area contributed by atoms with E-state index in [-0.39, 0.29) is 0 Å². The van der Waals surface area contributed by atoms with Gasteiger partial charge in [0.15, 0.2) is 0 Å². The van der Waals surface area contributed by atoms with Gasteiger partial charge in [-0.05, 0) is 42.3 Å². The monoisotopic (exact) mass is 203 g/mol. The van der Waals surface area contributed by atoms with Crippen LogP contribution in [0.4, 0.5) is 0 Å². The van der Waals surface area contributed by atoms with Crippen molar-refractivity contribution in [2.75, 3.05) is 13.6 Å². The molecule has 0 bridgehead atoms. The van der Waals surface area contributed by atoms with E-state index in [1.165, 1.54) is 16.7 Å². The Bertz CT molecular complexity index is 339. The third kappa shape index (κ3) is 2.85. The minimum absolute atomic E-state index is 1.12. The van der Waals surface area contributed by atoms with Crippen molar-refractivity contribution < 1.29 is 0 Å². The van der Waals surface area contributed by atoms with E-state index in [4.69, 9.17) is 0 Å². The van der Waals surface area contributed by atoms with Crippen LogP contribution in [-0.2, 0) is 6.42 Å². The first-order valence-corrected chi connectivity index (χ1v) is 5.74. The average molecular weight is 203 g/mol. The molecular formula is C14H21N. The first-order valence-electron chi connectivity index (χ1n) is 5.74. The zero-order valence-electron chi connectivity index (χ0n) is 10.2. The van der Waals surface area contributed by atoms with Gasteiger partial charge in [0.05, 0.1) is 0 Å². The van der Waals surface area contributed by atoms with E-state index in [9.17, 15) is 0 Å². The van der Waals surface area contributed by atoms with E-state index < -0.39 is 0 Å². The number of likely N-dealkylation sites (N-methyl/N-ethyl adjacent to an activating group) is 1. The van der Waals surface area contributed by atoms with Crippen molar-refractivity contribution in [1.29, 1.82) is 0 Å². The van der Waals surface area contributed by atoms with Gasteiger partial charge in [-0.15, -0.1) is 0 Å². The summed E-state index contributed by atoms with van der Waals surface area (Å²) >= 11 is 0. The molecule has 1 aliphatic heterocycles. The number of fused-ring (bicyclic) bond motifs is 1. The first-order chi connectivity index (χ1) is 7.27. The molecule has 0 fully saturated rings. The van der Waals surface area contributed by atoms with E-state index in [0.29, 0.717) is 0 Å². The molecule has 1 heteroatoms. The molecule has 0 aliphatic carbocycles. The van der Waals surface area contributed by atoms with Crippen molar-refractivity contribution in [2.24, 2.45) is 0 Å². The Labute approximate surface area is 93.4 Å². The Morgan fingerprint density at radius 3 is 2.67 bits per heavy atom. The number of hydrogen-bond acceptors (Lipinski definition) is 1. The zero-order valence-corrected chi connectivity index (χ0v) is 10.2. The smallest absolute Gasteiger partial charge is 0.0209 e. The topological polar surface area (TPSA) is 3.24 Å². The summed E-state index contributed by atoms with van der Waals surface area (Å²) in [5, 5.41) is 0. The summed E-state index contributed by atoms with van der Waals surface area (Å²) in [6.45, 7) is 7.29. The van der Waals surface area contributed by atoms with Gasteiger partial charge < -0.3 is 4.90 Å². The molecule has 1 aliphatic rings. The molecule has 1 nitrogen and oxygen atoms in total. The summed E-state index contributed by atoms with van der Waals surface area (Å²) in [5.74, 6) is 0. The first kappa shape index (κ1) is 11.8. The summed E-state index contributed by atoms with van der Waals surface area (Å²) < 4.78 is 0. The summed E-state index contributed by atoms with van der Waals surface area (Å²) in [5.41, 5.74) is 4.26. The van der Waals surface area contributed by atoms with Crippen LogP contribution in [0.25, 0.3) is 6.08 Å². The van der Waals surface area contributed by atoms with Crippen LogP contribution in [0.15, 0.2) is 24.4 Å². The van der Waals surface area contributed by atoms with Gasteiger partial charge >= 0.3 is 0 Å². The summed E-state index contributed by atoms with van der Waals surface area (Å²) in [4.78, 5) is 2.24.